The Hall–Kier alpha value is -1.55. The molecule has 2 atom stereocenters. The summed E-state index contributed by atoms with van der Waals surface area (Å²) >= 11 is 0. The standard InChI is InChI=1S/C13H16O4/c14-10-5-3-7-12(10)17-11-6-2-1-4-9(11)8-13(15)16/h1-2,4,6,10,12,14H,3,5,7-8H2,(H,15,16). The van der Waals surface area contributed by atoms with Gasteiger partial charge >= 0.3 is 5.97 Å². The Bertz CT molecular complexity index is 402. The molecule has 1 aliphatic rings. The van der Waals surface area contributed by atoms with Gasteiger partial charge in [0.25, 0.3) is 0 Å². The van der Waals surface area contributed by atoms with Gasteiger partial charge in [-0.2, -0.15) is 0 Å². The molecule has 17 heavy (non-hydrogen) atoms. The van der Waals surface area contributed by atoms with E-state index in [1.54, 1.807) is 18.2 Å². The van der Waals surface area contributed by atoms with Gasteiger partial charge in [-0.15, -0.1) is 0 Å². The molecule has 0 amide bonds. The van der Waals surface area contributed by atoms with Gasteiger partial charge in [0.1, 0.15) is 11.9 Å². The van der Waals surface area contributed by atoms with Gasteiger partial charge in [-0.05, 0) is 25.3 Å². The van der Waals surface area contributed by atoms with Crippen LogP contribution in [0.5, 0.6) is 5.75 Å². The van der Waals surface area contributed by atoms with Crippen molar-refractivity contribution in [3.8, 4) is 5.75 Å². The first kappa shape index (κ1) is 11.9. The number of benzene rings is 1. The van der Waals surface area contributed by atoms with E-state index in [0.29, 0.717) is 11.3 Å². The average Bonchev–Trinajstić information content (AvgIpc) is 2.67. The van der Waals surface area contributed by atoms with E-state index in [2.05, 4.69) is 0 Å². The third kappa shape index (κ3) is 2.97. The minimum absolute atomic E-state index is 0.0566. The quantitative estimate of drug-likeness (QED) is 0.833. The van der Waals surface area contributed by atoms with Gasteiger partial charge in [0.15, 0.2) is 0 Å². The lowest BCUT2D eigenvalue weighted by Gasteiger charge is -2.19. The highest BCUT2D eigenvalue weighted by atomic mass is 16.5. The van der Waals surface area contributed by atoms with Gasteiger partial charge < -0.3 is 14.9 Å². The minimum atomic E-state index is -0.881. The van der Waals surface area contributed by atoms with Crippen LogP contribution in [0, 0.1) is 0 Å². The van der Waals surface area contributed by atoms with Crippen molar-refractivity contribution in [1.29, 1.82) is 0 Å². The summed E-state index contributed by atoms with van der Waals surface area (Å²) in [6.07, 6.45) is 1.83. The van der Waals surface area contributed by atoms with Crippen molar-refractivity contribution in [2.75, 3.05) is 0 Å². The maximum atomic E-state index is 10.7. The smallest absolute Gasteiger partial charge is 0.307 e. The predicted octanol–water partition coefficient (Wildman–Crippen LogP) is 1.61. The molecule has 1 fully saturated rings. The van der Waals surface area contributed by atoms with Crippen LogP contribution in [0.2, 0.25) is 0 Å². The number of carboxylic acids is 1. The first-order valence-corrected chi connectivity index (χ1v) is 5.81. The van der Waals surface area contributed by atoms with Crippen LogP contribution in [0.1, 0.15) is 24.8 Å². The fraction of sp³-hybridized carbons (Fsp3) is 0.462. The van der Waals surface area contributed by atoms with Crippen molar-refractivity contribution in [3.63, 3.8) is 0 Å². The molecule has 2 rings (SSSR count). The molecule has 2 N–H and O–H groups in total. The van der Waals surface area contributed by atoms with Gasteiger partial charge in [0, 0.05) is 5.56 Å². The zero-order chi connectivity index (χ0) is 12.3. The van der Waals surface area contributed by atoms with Crippen molar-refractivity contribution in [2.24, 2.45) is 0 Å². The number of rotatable bonds is 4. The molecule has 0 radical (unpaired) electrons. The molecule has 1 saturated carbocycles. The van der Waals surface area contributed by atoms with Crippen molar-refractivity contribution >= 4 is 5.97 Å². The van der Waals surface area contributed by atoms with Crippen molar-refractivity contribution < 1.29 is 19.7 Å². The number of ether oxygens (including phenoxy) is 1. The first-order chi connectivity index (χ1) is 8.16. The Kier molecular flexibility index (Phi) is 3.64. The number of carbonyl (C=O) groups is 1. The minimum Gasteiger partial charge on any atom is -0.487 e. The summed E-state index contributed by atoms with van der Waals surface area (Å²) in [4.78, 5) is 10.7. The normalized spacial score (nSPS) is 23.6. The van der Waals surface area contributed by atoms with Crippen LogP contribution >= 0.6 is 0 Å². The van der Waals surface area contributed by atoms with E-state index in [1.165, 1.54) is 0 Å². The Morgan fingerprint density at radius 1 is 1.35 bits per heavy atom. The number of aliphatic hydroxyl groups is 1. The van der Waals surface area contributed by atoms with Gasteiger partial charge in [0.2, 0.25) is 0 Å². The van der Waals surface area contributed by atoms with Crippen LogP contribution in [-0.2, 0) is 11.2 Å². The van der Waals surface area contributed by atoms with E-state index in [0.717, 1.165) is 19.3 Å². The Morgan fingerprint density at radius 3 is 2.76 bits per heavy atom. The Balaban J connectivity index is 2.11. The van der Waals surface area contributed by atoms with Crippen LogP contribution < -0.4 is 4.74 Å². The Labute approximate surface area is 99.8 Å². The molecule has 4 nitrogen and oxygen atoms in total. The first-order valence-electron chi connectivity index (χ1n) is 5.81. The highest BCUT2D eigenvalue weighted by Gasteiger charge is 2.27. The lowest BCUT2D eigenvalue weighted by atomic mass is 10.1. The topological polar surface area (TPSA) is 66.8 Å². The monoisotopic (exact) mass is 236 g/mol. The van der Waals surface area contributed by atoms with E-state index >= 15 is 0 Å². The number of hydrogen-bond donors (Lipinski definition) is 2. The zero-order valence-corrected chi connectivity index (χ0v) is 9.50. The molecule has 92 valence electrons. The molecule has 0 saturated heterocycles. The molecular formula is C13H16O4. The molecule has 0 aliphatic heterocycles. The number of aliphatic hydroxyl groups excluding tert-OH is 1. The largest absolute Gasteiger partial charge is 0.487 e. The lowest BCUT2D eigenvalue weighted by Crippen LogP contribution is -2.26. The molecule has 1 aromatic carbocycles. The van der Waals surface area contributed by atoms with Crippen LogP contribution in [0.3, 0.4) is 0 Å². The molecule has 1 aliphatic carbocycles. The van der Waals surface area contributed by atoms with Crippen LogP contribution in [0.25, 0.3) is 0 Å². The fourth-order valence-electron chi connectivity index (χ4n) is 2.13. The van der Waals surface area contributed by atoms with Crippen LogP contribution in [-0.4, -0.2) is 28.4 Å². The van der Waals surface area contributed by atoms with Gasteiger partial charge in [-0.3, -0.25) is 4.79 Å². The van der Waals surface area contributed by atoms with Gasteiger partial charge in [-0.25, -0.2) is 0 Å². The molecule has 0 aromatic heterocycles. The summed E-state index contributed by atoms with van der Waals surface area (Å²) < 4.78 is 5.71. The van der Waals surface area contributed by atoms with E-state index < -0.39 is 12.1 Å². The molecule has 0 bridgehead atoms. The third-order valence-electron chi connectivity index (χ3n) is 3.01. The molecule has 2 unspecified atom stereocenters. The predicted molar refractivity (Wildman–Crippen MR) is 62.1 cm³/mol. The summed E-state index contributed by atoms with van der Waals surface area (Å²) in [6, 6.07) is 7.09. The highest BCUT2D eigenvalue weighted by molar-refractivity contribution is 5.71. The number of hydrogen-bond acceptors (Lipinski definition) is 3. The number of carboxylic acid groups (broad SMARTS) is 1. The second kappa shape index (κ2) is 5.19. The Morgan fingerprint density at radius 2 is 2.12 bits per heavy atom. The third-order valence-corrected chi connectivity index (χ3v) is 3.01. The summed E-state index contributed by atoms with van der Waals surface area (Å²) in [5.41, 5.74) is 0.652. The van der Waals surface area contributed by atoms with E-state index in [-0.39, 0.29) is 12.5 Å². The second-order valence-corrected chi connectivity index (χ2v) is 4.33. The van der Waals surface area contributed by atoms with E-state index in [4.69, 9.17) is 9.84 Å². The van der Waals surface area contributed by atoms with Crippen molar-refractivity contribution in [2.45, 2.75) is 37.9 Å². The summed E-state index contributed by atoms with van der Waals surface area (Å²) in [5, 5.41) is 18.5. The molecular weight excluding hydrogens is 220 g/mol. The summed E-state index contributed by atoms with van der Waals surface area (Å²) in [6.45, 7) is 0. The van der Waals surface area contributed by atoms with Crippen molar-refractivity contribution in [1.82, 2.24) is 0 Å². The van der Waals surface area contributed by atoms with Crippen LogP contribution in [0.15, 0.2) is 24.3 Å². The molecule has 0 heterocycles. The van der Waals surface area contributed by atoms with Gasteiger partial charge in [-0.1, -0.05) is 18.2 Å². The summed E-state index contributed by atoms with van der Waals surface area (Å²) in [5.74, 6) is -0.311. The second-order valence-electron chi connectivity index (χ2n) is 4.33. The average molecular weight is 236 g/mol. The maximum Gasteiger partial charge on any atom is 0.307 e. The molecule has 0 spiro atoms. The molecule has 4 heteroatoms. The number of para-hydroxylation sites is 1. The zero-order valence-electron chi connectivity index (χ0n) is 9.50. The SMILES string of the molecule is O=C(O)Cc1ccccc1OC1CCCC1O. The van der Waals surface area contributed by atoms with Gasteiger partial charge in [0.05, 0.1) is 12.5 Å². The fourth-order valence-corrected chi connectivity index (χ4v) is 2.13. The van der Waals surface area contributed by atoms with Crippen molar-refractivity contribution in [3.05, 3.63) is 29.8 Å². The highest BCUT2D eigenvalue weighted by Crippen LogP contribution is 2.27. The maximum absolute atomic E-state index is 10.7. The molecule has 1 aromatic rings. The number of aliphatic carboxylic acids is 1. The van der Waals surface area contributed by atoms with E-state index in [1.807, 2.05) is 6.07 Å². The summed E-state index contributed by atoms with van der Waals surface area (Å²) in [7, 11) is 0. The lowest BCUT2D eigenvalue weighted by molar-refractivity contribution is -0.136. The van der Waals surface area contributed by atoms with Crippen LogP contribution in [0.4, 0.5) is 0 Å². The van der Waals surface area contributed by atoms with E-state index in [9.17, 15) is 9.90 Å².